The number of nitrogens with zero attached hydrogens (tertiary/aromatic N) is 4. The molecule has 0 saturated heterocycles. The van der Waals surface area contributed by atoms with E-state index in [1.54, 1.807) is 0 Å². The van der Waals surface area contributed by atoms with E-state index in [1.807, 2.05) is 0 Å². The Hall–Kier alpha value is -7.88. The summed E-state index contributed by atoms with van der Waals surface area (Å²) >= 11 is 0. The van der Waals surface area contributed by atoms with Crippen LogP contribution in [0.15, 0.2) is 186 Å². The van der Waals surface area contributed by atoms with E-state index in [9.17, 15) is 0 Å². The van der Waals surface area contributed by atoms with Gasteiger partial charge in [-0.2, -0.15) is 0 Å². The third-order valence-corrected chi connectivity index (χ3v) is 10.7. The largest absolute Gasteiger partial charge is 0.497 e. The molecule has 0 spiro atoms. The van der Waals surface area contributed by atoms with Crippen molar-refractivity contribution in [1.29, 1.82) is 0 Å². The fraction of sp³-hybridized carbons (Fsp3) is 0.0833. The van der Waals surface area contributed by atoms with Crippen molar-refractivity contribution in [3.63, 3.8) is 0 Å². The van der Waals surface area contributed by atoms with Crippen molar-refractivity contribution >= 4 is 45.1 Å². The van der Waals surface area contributed by atoms with E-state index in [4.69, 9.17) is 18.9 Å². The Morgan fingerprint density at radius 3 is 0.688 bits per heavy atom. The molecule has 5 aliphatic heterocycles. The number of halogens is 8. The molecule has 0 unspecified atom stereocenters. The number of hydrogen-bond acceptors (Lipinski definition) is 8. The summed E-state index contributed by atoms with van der Waals surface area (Å²) < 4.78 is 157. The molecule has 5 aliphatic rings. The minimum absolute atomic E-state index is 0.130. The Balaban J connectivity index is 1.51. The van der Waals surface area contributed by atoms with Crippen LogP contribution in [0.2, 0.25) is 0 Å². The lowest BCUT2D eigenvalue weighted by Crippen LogP contribution is -2.06. The topological polar surface area (TPSA) is 86.4 Å². The maximum absolute atomic E-state index is 16.9. The van der Waals surface area contributed by atoms with Gasteiger partial charge in [0.15, 0.2) is 46.6 Å². The van der Waals surface area contributed by atoms with E-state index in [0.717, 1.165) is 0 Å². The molecule has 64 heavy (non-hydrogen) atoms. The maximum atomic E-state index is 16.9. The molecule has 5 heterocycles. The lowest BCUT2D eigenvalue weighted by atomic mass is 9.96. The molecule has 0 radical (unpaired) electrons. The molecule has 0 fully saturated rings. The lowest BCUT2D eigenvalue weighted by molar-refractivity contribution is 0.414. The minimum atomic E-state index is -1.73. The average Bonchev–Trinajstić information content (AvgIpc) is 3.98. The fourth-order valence-corrected chi connectivity index (χ4v) is 7.65. The quantitative estimate of drug-likeness (QED) is 0.165. The third kappa shape index (κ3) is 6.60. The first-order chi connectivity index (χ1) is 30.9. The summed E-state index contributed by atoms with van der Waals surface area (Å²) in [6.45, 7) is 0. The van der Waals surface area contributed by atoms with Crippen molar-refractivity contribution < 1.29 is 54.1 Å². The van der Waals surface area contributed by atoms with E-state index in [1.165, 1.54) is 126 Å². The van der Waals surface area contributed by atoms with Gasteiger partial charge >= 0.3 is 0 Å². The Bertz CT molecular complexity index is 2760. The van der Waals surface area contributed by atoms with E-state index in [0.29, 0.717) is 0 Å². The summed E-state index contributed by atoms with van der Waals surface area (Å²) in [5, 5.41) is 0. The molecule has 8 bridgehead atoms. The summed E-state index contributed by atoms with van der Waals surface area (Å²) in [5.41, 5.74) is -10.8. The maximum Gasteiger partial charge on any atom is 0.187 e. The van der Waals surface area contributed by atoms with Crippen molar-refractivity contribution in [2.45, 2.75) is 0 Å². The Morgan fingerprint density at radius 1 is 0.297 bits per heavy atom. The van der Waals surface area contributed by atoms with Gasteiger partial charge in [0.05, 0.1) is 28.4 Å². The number of hydrogen-bond donors (Lipinski definition) is 0. The SMILES string of the molecule is COc1cccc(C2=C3N=C(C(F)=C3F)C(c3cccc(OC)c3)=C3N=C(C(F)=C3F)C(c3cccc(OC)c3)=C3N=C(C(F)=C3F)C(c3cccc(OC)c3)=C3N=C2C(F)=C3F)c1. The van der Waals surface area contributed by atoms with Crippen LogP contribution in [-0.4, -0.2) is 51.3 Å². The van der Waals surface area contributed by atoms with E-state index in [-0.39, 0.29) is 45.3 Å². The number of fused-ring (bicyclic) bond motifs is 4. The second-order valence-electron chi connectivity index (χ2n) is 14.2. The monoisotopic (exact) mass is 876 g/mol. The normalized spacial score (nSPS) is 17.6. The predicted molar refractivity (Wildman–Crippen MR) is 226 cm³/mol. The molecule has 0 saturated carbocycles. The summed E-state index contributed by atoms with van der Waals surface area (Å²) in [7, 11) is 5.19. The van der Waals surface area contributed by atoms with Crippen LogP contribution in [0.5, 0.6) is 23.0 Å². The molecule has 9 rings (SSSR count). The van der Waals surface area contributed by atoms with Gasteiger partial charge in [-0.05, 0) is 70.8 Å². The highest BCUT2D eigenvalue weighted by Crippen LogP contribution is 2.49. The summed E-state index contributed by atoms with van der Waals surface area (Å²) in [4.78, 5) is 17.1. The highest BCUT2D eigenvalue weighted by atomic mass is 19.2. The second kappa shape index (κ2) is 16.1. The van der Waals surface area contributed by atoms with Crippen molar-refractivity contribution in [3.05, 3.63) is 189 Å². The first kappa shape index (κ1) is 41.5. The molecule has 320 valence electrons. The molecule has 8 nitrogen and oxygen atoms in total. The van der Waals surface area contributed by atoms with Crippen LogP contribution in [0.4, 0.5) is 35.1 Å². The predicted octanol–water partition coefficient (Wildman–Crippen LogP) is 12.1. The van der Waals surface area contributed by atoms with Crippen molar-refractivity contribution in [2.75, 3.05) is 28.4 Å². The molecular weight excluding hydrogens is 849 g/mol. The van der Waals surface area contributed by atoms with Gasteiger partial charge in [-0.25, -0.2) is 55.1 Å². The number of allylic oxidation sites excluding steroid dienone is 12. The minimum Gasteiger partial charge on any atom is -0.497 e. The number of methoxy groups -OCH3 is 4. The zero-order chi connectivity index (χ0) is 45.1. The van der Waals surface area contributed by atoms with Crippen LogP contribution in [0, 0.1) is 0 Å². The van der Waals surface area contributed by atoms with Gasteiger partial charge in [0.2, 0.25) is 0 Å². The third-order valence-electron chi connectivity index (χ3n) is 10.7. The highest BCUT2D eigenvalue weighted by Gasteiger charge is 2.43. The lowest BCUT2D eigenvalue weighted by Gasteiger charge is -2.13. The Kier molecular flexibility index (Phi) is 10.4. The van der Waals surface area contributed by atoms with Crippen LogP contribution in [-0.2, 0) is 0 Å². The number of benzene rings is 4. The molecule has 0 amide bonds. The molecule has 16 heteroatoms. The molecule has 4 aromatic rings. The van der Waals surface area contributed by atoms with Gasteiger partial charge in [0.1, 0.15) is 68.6 Å². The fourth-order valence-electron chi connectivity index (χ4n) is 7.65. The number of rotatable bonds is 8. The van der Waals surface area contributed by atoms with Crippen LogP contribution >= 0.6 is 0 Å². The van der Waals surface area contributed by atoms with E-state index in [2.05, 4.69) is 20.0 Å². The van der Waals surface area contributed by atoms with Crippen LogP contribution in [0.3, 0.4) is 0 Å². The summed E-state index contributed by atoms with van der Waals surface area (Å²) in [5.74, 6) is -13.3. The summed E-state index contributed by atoms with van der Waals surface area (Å²) in [6.07, 6.45) is 0. The first-order valence-electron chi connectivity index (χ1n) is 19.0. The van der Waals surface area contributed by atoms with Crippen LogP contribution < -0.4 is 18.9 Å². The average molecular weight is 877 g/mol. The zero-order valence-electron chi connectivity index (χ0n) is 33.7. The smallest absolute Gasteiger partial charge is 0.187 e. The number of aliphatic imine (C=N–C) groups is 4. The molecule has 0 aliphatic carbocycles. The van der Waals surface area contributed by atoms with E-state index >= 15 is 35.1 Å². The van der Waals surface area contributed by atoms with Crippen molar-refractivity contribution in [1.82, 2.24) is 0 Å². The number of ether oxygens (including phenoxy) is 4. The van der Waals surface area contributed by atoms with Crippen LogP contribution in [0.25, 0.3) is 22.3 Å². The van der Waals surface area contributed by atoms with Crippen molar-refractivity contribution in [2.24, 2.45) is 20.0 Å². The highest BCUT2D eigenvalue weighted by molar-refractivity contribution is 6.42. The Labute approximate surface area is 358 Å². The van der Waals surface area contributed by atoms with Gasteiger partial charge in [-0.3, -0.25) is 0 Å². The van der Waals surface area contributed by atoms with Gasteiger partial charge in [-0.1, -0.05) is 48.5 Å². The van der Waals surface area contributed by atoms with Crippen LogP contribution in [0.1, 0.15) is 22.3 Å². The molecule has 0 N–H and O–H groups in total. The molecule has 0 aromatic heterocycles. The van der Waals surface area contributed by atoms with Gasteiger partial charge in [-0.15, -0.1) is 0 Å². The van der Waals surface area contributed by atoms with E-state index < -0.39 is 115 Å². The molecule has 0 atom stereocenters. The molecule has 4 aromatic carbocycles. The Morgan fingerprint density at radius 2 is 0.500 bits per heavy atom. The molecular formula is C48H28F8N4O4. The first-order valence-corrected chi connectivity index (χ1v) is 19.0. The van der Waals surface area contributed by atoms with Gasteiger partial charge in [0, 0.05) is 22.3 Å². The standard InChI is InChI=1S/C48H28F8N4O4/c1-61-25-13-5-9-21(17-25)29-41-33(49)35(51)43(57-41)30(22-10-6-14-26(18-22)62-2)45-37(53)39(55)47(59-45)32(24-12-8-16-28(20-24)64-4)48-40(56)38(54)46(60-48)31(23-11-7-15-27(19-23)63-3)44-36(52)34(50)42(29)58-44/h5-20H,1-4H3. The van der Waals surface area contributed by atoms with Crippen molar-refractivity contribution in [3.8, 4) is 23.0 Å². The van der Waals surface area contributed by atoms with Gasteiger partial charge < -0.3 is 18.9 Å². The second-order valence-corrected chi connectivity index (χ2v) is 14.2. The van der Waals surface area contributed by atoms with Gasteiger partial charge in [0.25, 0.3) is 0 Å². The summed E-state index contributed by atoms with van der Waals surface area (Å²) in [6, 6.07) is 22.0. The zero-order valence-corrected chi connectivity index (χ0v) is 33.7.